The van der Waals surface area contributed by atoms with E-state index >= 15 is 0 Å². The van der Waals surface area contributed by atoms with Crippen LogP contribution >= 0.6 is 7.60 Å². The highest BCUT2D eigenvalue weighted by atomic mass is 31.2. The maximum Gasteiger partial charge on any atom is 0.366 e. The van der Waals surface area contributed by atoms with Gasteiger partial charge in [0.1, 0.15) is 5.75 Å². The maximum absolute atomic E-state index is 12.7. The van der Waals surface area contributed by atoms with E-state index in [2.05, 4.69) is 0 Å². The lowest BCUT2D eigenvalue weighted by Crippen LogP contribution is -2.19. The van der Waals surface area contributed by atoms with Crippen molar-refractivity contribution in [3.8, 4) is 5.75 Å². The highest BCUT2D eigenvalue weighted by Gasteiger charge is 2.48. The molecule has 0 amide bonds. The van der Waals surface area contributed by atoms with Crippen molar-refractivity contribution in [1.82, 2.24) is 0 Å². The molecular weight excluding hydrogens is 307 g/mol. The van der Waals surface area contributed by atoms with Crippen molar-refractivity contribution < 1.29 is 27.9 Å². The van der Waals surface area contributed by atoms with Crippen molar-refractivity contribution in [3.63, 3.8) is 0 Å². The fraction of sp³-hybridized carbons (Fsp3) is 0.533. The van der Waals surface area contributed by atoms with Gasteiger partial charge in [-0.05, 0) is 31.5 Å². The summed E-state index contributed by atoms with van der Waals surface area (Å²) in [6.07, 6.45) is -0.293. The molecule has 0 aliphatic carbocycles. The van der Waals surface area contributed by atoms with Crippen molar-refractivity contribution in [1.29, 1.82) is 0 Å². The summed E-state index contributed by atoms with van der Waals surface area (Å²) in [5.41, 5.74) is 0.830. The molecule has 1 aliphatic heterocycles. The number of carbonyl (C=O) groups is 1. The van der Waals surface area contributed by atoms with Gasteiger partial charge in [0.25, 0.3) is 0 Å². The van der Waals surface area contributed by atoms with Crippen molar-refractivity contribution in [3.05, 3.63) is 29.8 Å². The summed E-state index contributed by atoms with van der Waals surface area (Å²) in [5.74, 6) is -0.690. The zero-order valence-electron chi connectivity index (χ0n) is 13.0. The molecule has 1 aromatic rings. The molecule has 0 radical (unpaired) electrons. The monoisotopic (exact) mass is 328 g/mol. The van der Waals surface area contributed by atoms with Crippen LogP contribution in [-0.2, 0) is 23.1 Å². The Hall–Kier alpha value is -1.20. The molecule has 1 aliphatic rings. The Morgan fingerprint density at radius 2 is 1.77 bits per heavy atom. The van der Waals surface area contributed by atoms with Crippen LogP contribution in [0.2, 0.25) is 0 Å². The van der Waals surface area contributed by atoms with Crippen molar-refractivity contribution in [2.45, 2.75) is 32.2 Å². The minimum Gasteiger partial charge on any atom is -0.497 e. The van der Waals surface area contributed by atoms with Crippen LogP contribution in [0.3, 0.4) is 0 Å². The largest absolute Gasteiger partial charge is 0.497 e. The normalized spacial score (nSPS) is 22.0. The standard InChI is InChI=1S/C15H21O6P/c1-4-19-22(17,20-5-2)15-13(16)10-14(21-15)11-6-8-12(18-3)9-7-11/h6-9,14-15H,4-5,10H2,1-3H3/t14-,15?/m1/s1. The first-order valence-corrected chi connectivity index (χ1v) is 8.86. The SMILES string of the molecule is CCOP(=O)(OCC)C1O[C@@H](c2ccc(OC)cc2)CC1=O. The minimum atomic E-state index is -3.59. The first-order valence-electron chi connectivity index (χ1n) is 7.25. The number of carbonyl (C=O) groups excluding carboxylic acids is 1. The van der Waals surface area contributed by atoms with E-state index in [0.717, 1.165) is 11.3 Å². The van der Waals surface area contributed by atoms with Gasteiger partial charge in [0.05, 0.1) is 26.4 Å². The van der Waals surface area contributed by atoms with Crippen LogP contribution in [0.15, 0.2) is 24.3 Å². The van der Waals surface area contributed by atoms with Crippen LogP contribution in [0.4, 0.5) is 0 Å². The highest BCUT2D eigenvalue weighted by molar-refractivity contribution is 7.55. The first-order chi connectivity index (χ1) is 10.5. The van der Waals surface area contributed by atoms with E-state index in [4.69, 9.17) is 18.5 Å². The second-order valence-electron chi connectivity index (χ2n) is 4.80. The summed E-state index contributed by atoms with van der Waals surface area (Å²) in [4.78, 5) is 12.2. The molecule has 0 saturated carbocycles. The van der Waals surface area contributed by atoms with Crippen LogP contribution in [0.25, 0.3) is 0 Å². The molecule has 0 aromatic heterocycles. The number of rotatable bonds is 7. The molecule has 7 heteroatoms. The van der Waals surface area contributed by atoms with E-state index in [-0.39, 0.29) is 25.4 Å². The molecule has 0 bridgehead atoms. The zero-order valence-corrected chi connectivity index (χ0v) is 13.9. The van der Waals surface area contributed by atoms with Gasteiger partial charge >= 0.3 is 7.60 Å². The summed E-state index contributed by atoms with van der Waals surface area (Å²) in [6, 6.07) is 7.24. The topological polar surface area (TPSA) is 71.1 Å². The molecule has 1 unspecified atom stereocenters. The average molecular weight is 328 g/mol. The second kappa shape index (κ2) is 7.38. The predicted octanol–water partition coefficient (Wildman–Crippen LogP) is 3.32. The number of benzene rings is 1. The third-order valence-electron chi connectivity index (χ3n) is 3.35. The number of ketones is 1. The number of hydrogen-bond acceptors (Lipinski definition) is 6. The zero-order chi connectivity index (χ0) is 16.2. The lowest BCUT2D eigenvalue weighted by atomic mass is 10.1. The number of hydrogen-bond donors (Lipinski definition) is 0. The molecule has 6 nitrogen and oxygen atoms in total. The smallest absolute Gasteiger partial charge is 0.366 e. The Labute approximate surface area is 130 Å². The number of methoxy groups -OCH3 is 1. The minimum absolute atomic E-state index is 0.154. The Balaban J connectivity index is 2.16. The lowest BCUT2D eigenvalue weighted by molar-refractivity contribution is -0.120. The summed E-state index contributed by atoms with van der Waals surface area (Å²) in [5, 5.41) is 0. The van der Waals surface area contributed by atoms with E-state index in [9.17, 15) is 9.36 Å². The van der Waals surface area contributed by atoms with E-state index in [1.165, 1.54) is 0 Å². The fourth-order valence-corrected chi connectivity index (χ4v) is 4.18. The van der Waals surface area contributed by atoms with Crippen molar-refractivity contribution >= 4 is 13.4 Å². The Morgan fingerprint density at radius 1 is 1.18 bits per heavy atom. The van der Waals surface area contributed by atoms with Gasteiger partial charge in [-0.3, -0.25) is 9.36 Å². The van der Waals surface area contributed by atoms with Gasteiger partial charge in [0.15, 0.2) is 5.78 Å². The van der Waals surface area contributed by atoms with Gasteiger partial charge in [-0.25, -0.2) is 0 Å². The average Bonchev–Trinajstić information content (AvgIpc) is 2.90. The third-order valence-corrected chi connectivity index (χ3v) is 5.57. The molecule has 1 fully saturated rings. The number of ether oxygens (including phenoxy) is 2. The van der Waals surface area contributed by atoms with Crippen LogP contribution in [0.1, 0.15) is 31.9 Å². The van der Waals surface area contributed by atoms with Gasteiger partial charge in [-0.2, -0.15) is 0 Å². The van der Waals surface area contributed by atoms with Gasteiger partial charge in [0.2, 0.25) is 5.85 Å². The second-order valence-corrected chi connectivity index (χ2v) is 6.86. The van der Waals surface area contributed by atoms with Gasteiger partial charge < -0.3 is 18.5 Å². The Kier molecular flexibility index (Phi) is 5.75. The summed E-state index contributed by atoms with van der Waals surface area (Å²) < 4.78 is 33.9. The quantitative estimate of drug-likeness (QED) is 0.715. The molecule has 1 aromatic carbocycles. The molecule has 0 N–H and O–H groups in total. The first kappa shape index (κ1) is 17.2. The van der Waals surface area contributed by atoms with E-state index in [1.54, 1.807) is 33.1 Å². The van der Waals surface area contributed by atoms with E-state index < -0.39 is 19.5 Å². The molecule has 1 heterocycles. The Bertz CT molecular complexity index is 546. The van der Waals surface area contributed by atoms with E-state index in [1.807, 2.05) is 12.1 Å². The summed E-state index contributed by atoms with van der Waals surface area (Å²) in [6.45, 7) is 3.79. The fourth-order valence-electron chi connectivity index (χ4n) is 2.36. The van der Waals surface area contributed by atoms with Crippen LogP contribution < -0.4 is 4.74 Å². The van der Waals surface area contributed by atoms with Crippen LogP contribution in [-0.4, -0.2) is 32.0 Å². The van der Waals surface area contributed by atoms with Gasteiger partial charge in [0, 0.05) is 6.42 Å². The highest BCUT2D eigenvalue weighted by Crippen LogP contribution is 2.57. The van der Waals surface area contributed by atoms with Gasteiger partial charge in [-0.15, -0.1) is 0 Å². The van der Waals surface area contributed by atoms with E-state index in [0.29, 0.717) is 0 Å². The molecule has 1 saturated heterocycles. The van der Waals surface area contributed by atoms with Crippen LogP contribution in [0, 0.1) is 0 Å². The Morgan fingerprint density at radius 3 is 2.27 bits per heavy atom. The predicted molar refractivity (Wildman–Crippen MR) is 81.1 cm³/mol. The molecule has 122 valence electrons. The third kappa shape index (κ3) is 3.58. The maximum atomic E-state index is 12.7. The van der Waals surface area contributed by atoms with Crippen molar-refractivity contribution in [2.24, 2.45) is 0 Å². The molecule has 0 spiro atoms. The molecule has 2 rings (SSSR count). The molecule has 22 heavy (non-hydrogen) atoms. The van der Waals surface area contributed by atoms with Gasteiger partial charge in [-0.1, -0.05) is 12.1 Å². The van der Waals surface area contributed by atoms with Crippen LogP contribution in [0.5, 0.6) is 5.75 Å². The lowest BCUT2D eigenvalue weighted by Gasteiger charge is -2.22. The summed E-state index contributed by atoms with van der Waals surface area (Å²) in [7, 11) is -2.01. The number of Topliss-reactive ketones (excluding diaryl/α,β-unsaturated/α-hetero) is 1. The van der Waals surface area contributed by atoms with Crippen molar-refractivity contribution in [2.75, 3.05) is 20.3 Å². The summed E-state index contributed by atoms with van der Waals surface area (Å²) >= 11 is 0. The molecule has 2 atom stereocenters. The molecular formula is C15H21O6P.